The molecule has 4 nitrogen and oxygen atoms in total. The standard InChI is InChI=1S/C21H20O4/c1-24-19(22)13-18(21(23)25-2)20-16-9-5-3-7-14(16)11-12-15-8-4-6-10-17(15)20/h3-12,18,20H,13H2,1-2H3. The summed E-state index contributed by atoms with van der Waals surface area (Å²) < 4.78 is 9.83. The van der Waals surface area contributed by atoms with Gasteiger partial charge in [0.05, 0.1) is 26.6 Å². The zero-order chi connectivity index (χ0) is 17.8. The van der Waals surface area contributed by atoms with Gasteiger partial charge in [0.2, 0.25) is 0 Å². The van der Waals surface area contributed by atoms with E-state index >= 15 is 0 Å². The Kier molecular flexibility index (Phi) is 4.98. The molecule has 1 aliphatic rings. The van der Waals surface area contributed by atoms with Crippen molar-refractivity contribution in [1.29, 1.82) is 0 Å². The fourth-order valence-electron chi connectivity index (χ4n) is 3.42. The summed E-state index contributed by atoms with van der Waals surface area (Å²) in [4.78, 5) is 24.5. The van der Waals surface area contributed by atoms with Gasteiger partial charge in [0.1, 0.15) is 0 Å². The van der Waals surface area contributed by atoms with Crippen LogP contribution in [0, 0.1) is 5.92 Å². The molecule has 1 unspecified atom stereocenters. The Morgan fingerprint density at radius 1 is 0.880 bits per heavy atom. The molecule has 1 aliphatic carbocycles. The van der Waals surface area contributed by atoms with Crippen molar-refractivity contribution < 1.29 is 19.1 Å². The number of benzene rings is 2. The van der Waals surface area contributed by atoms with Crippen LogP contribution in [0.25, 0.3) is 12.2 Å². The first-order chi connectivity index (χ1) is 12.2. The van der Waals surface area contributed by atoms with Crippen LogP contribution in [-0.2, 0) is 19.1 Å². The molecule has 4 heteroatoms. The quantitative estimate of drug-likeness (QED) is 0.800. The van der Waals surface area contributed by atoms with Gasteiger partial charge in [-0.05, 0) is 22.3 Å². The van der Waals surface area contributed by atoms with Crippen LogP contribution in [0.1, 0.15) is 34.6 Å². The molecule has 0 spiro atoms. The molecule has 2 aromatic rings. The fourth-order valence-corrected chi connectivity index (χ4v) is 3.42. The van der Waals surface area contributed by atoms with E-state index in [4.69, 9.17) is 9.47 Å². The smallest absolute Gasteiger partial charge is 0.310 e. The fraction of sp³-hybridized carbons (Fsp3) is 0.238. The second-order valence-corrected chi connectivity index (χ2v) is 5.98. The highest BCUT2D eigenvalue weighted by atomic mass is 16.5. The predicted octanol–water partition coefficient (Wildman–Crippen LogP) is 3.65. The van der Waals surface area contributed by atoms with Crippen molar-refractivity contribution in [3.05, 3.63) is 70.8 Å². The first-order valence-electron chi connectivity index (χ1n) is 8.16. The van der Waals surface area contributed by atoms with Crippen LogP contribution in [0.4, 0.5) is 0 Å². The summed E-state index contributed by atoms with van der Waals surface area (Å²) in [6.45, 7) is 0. The summed E-state index contributed by atoms with van der Waals surface area (Å²) in [6.07, 6.45) is 4.05. The van der Waals surface area contributed by atoms with Gasteiger partial charge >= 0.3 is 11.9 Å². The Hall–Kier alpha value is -2.88. The number of ether oxygens (including phenoxy) is 2. The molecular formula is C21H20O4. The molecule has 25 heavy (non-hydrogen) atoms. The van der Waals surface area contributed by atoms with E-state index in [1.807, 2.05) is 60.7 Å². The van der Waals surface area contributed by atoms with E-state index in [1.54, 1.807) is 0 Å². The lowest BCUT2D eigenvalue weighted by Crippen LogP contribution is -2.28. The predicted molar refractivity (Wildman–Crippen MR) is 95.8 cm³/mol. The summed E-state index contributed by atoms with van der Waals surface area (Å²) in [5, 5.41) is 0. The molecule has 3 rings (SSSR count). The van der Waals surface area contributed by atoms with Gasteiger partial charge in [-0.3, -0.25) is 9.59 Å². The van der Waals surface area contributed by atoms with Crippen LogP contribution in [0.15, 0.2) is 48.5 Å². The highest BCUT2D eigenvalue weighted by Crippen LogP contribution is 2.41. The van der Waals surface area contributed by atoms with E-state index in [9.17, 15) is 9.59 Å². The van der Waals surface area contributed by atoms with Gasteiger partial charge in [-0.25, -0.2) is 0 Å². The third-order valence-corrected chi connectivity index (χ3v) is 4.63. The van der Waals surface area contributed by atoms with Crippen LogP contribution in [0.2, 0.25) is 0 Å². The number of methoxy groups -OCH3 is 2. The summed E-state index contributed by atoms with van der Waals surface area (Å²) in [5.41, 5.74) is 4.07. The molecule has 0 aliphatic heterocycles. The second-order valence-electron chi connectivity index (χ2n) is 5.98. The van der Waals surface area contributed by atoms with Crippen molar-refractivity contribution in [2.24, 2.45) is 5.92 Å². The highest BCUT2D eigenvalue weighted by Gasteiger charge is 2.36. The number of carbonyl (C=O) groups excluding carboxylic acids is 2. The number of hydrogen-bond acceptors (Lipinski definition) is 4. The summed E-state index contributed by atoms with van der Waals surface area (Å²) in [5.74, 6) is -1.78. The van der Waals surface area contributed by atoms with Crippen molar-refractivity contribution in [3.63, 3.8) is 0 Å². The maximum Gasteiger partial charge on any atom is 0.310 e. The van der Waals surface area contributed by atoms with Crippen molar-refractivity contribution in [1.82, 2.24) is 0 Å². The maximum absolute atomic E-state index is 12.5. The lowest BCUT2D eigenvalue weighted by molar-refractivity contribution is -0.152. The molecular weight excluding hydrogens is 316 g/mol. The lowest BCUT2D eigenvalue weighted by Gasteiger charge is -2.27. The Labute approximate surface area is 147 Å². The molecule has 0 bridgehead atoms. The third kappa shape index (κ3) is 3.33. The third-order valence-electron chi connectivity index (χ3n) is 4.63. The van der Waals surface area contributed by atoms with Crippen molar-refractivity contribution >= 4 is 24.1 Å². The molecule has 0 radical (unpaired) electrons. The Bertz CT molecular complexity index is 773. The lowest BCUT2D eigenvalue weighted by atomic mass is 9.77. The van der Waals surface area contributed by atoms with E-state index in [0.29, 0.717) is 0 Å². The minimum Gasteiger partial charge on any atom is -0.469 e. The summed E-state index contributed by atoms with van der Waals surface area (Å²) in [7, 11) is 2.67. The minimum absolute atomic E-state index is 0.0312. The van der Waals surface area contributed by atoms with Crippen LogP contribution in [-0.4, -0.2) is 26.2 Å². The number of carbonyl (C=O) groups is 2. The molecule has 0 fully saturated rings. The number of esters is 2. The zero-order valence-electron chi connectivity index (χ0n) is 14.3. The summed E-state index contributed by atoms with van der Waals surface area (Å²) in [6, 6.07) is 15.8. The van der Waals surface area contributed by atoms with E-state index in [1.165, 1.54) is 14.2 Å². The summed E-state index contributed by atoms with van der Waals surface area (Å²) >= 11 is 0. The van der Waals surface area contributed by atoms with Crippen LogP contribution >= 0.6 is 0 Å². The average molecular weight is 336 g/mol. The van der Waals surface area contributed by atoms with Crippen molar-refractivity contribution in [2.45, 2.75) is 12.3 Å². The Morgan fingerprint density at radius 2 is 1.40 bits per heavy atom. The van der Waals surface area contributed by atoms with Gasteiger partial charge in [0.25, 0.3) is 0 Å². The van der Waals surface area contributed by atoms with Gasteiger partial charge in [-0.1, -0.05) is 60.7 Å². The van der Waals surface area contributed by atoms with Crippen molar-refractivity contribution in [3.8, 4) is 0 Å². The molecule has 128 valence electrons. The van der Waals surface area contributed by atoms with E-state index in [0.717, 1.165) is 22.3 Å². The number of hydrogen-bond donors (Lipinski definition) is 0. The maximum atomic E-state index is 12.5. The first-order valence-corrected chi connectivity index (χ1v) is 8.16. The number of fused-ring (bicyclic) bond motifs is 2. The average Bonchev–Trinajstić information content (AvgIpc) is 2.82. The molecule has 0 amide bonds. The molecule has 0 saturated carbocycles. The normalized spacial score (nSPS) is 14.0. The molecule has 0 saturated heterocycles. The van der Waals surface area contributed by atoms with E-state index < -0.39 is 17.9 Å². The van der Waals surface area contributed by atoms with Crippen molar-refractivity contribution in [2.75, 3.05) is 14.2 Å². The van der Waals surface area contributed by atoms with Gasteiger partial charge in [-0.2, -0.15) is 0 Å². The van der Waals surface area contributed by atoms with E-state index in [2.05, 4.69) is 0 Å². The molecule has 0 N–H and O–H groups in total. The topological polar surface area (TPSA) is 52.6 Å². The minimum atomic E-state index is -0.653. The Balaban J connectivity index is 2.19. The Morgan fingerprint density at radius 3 is 1.88 bits per heavy atom. The molecule has 0 aromatic heterocycles. The number of rotatable bonds is 4. The highest BCUT2D eigenvalue weighted by molar-refractivity contribution is 5.84. The molecule has 2 aromatic carbocycles. The SMILES string of the molecule is COC(=O)CC(C(=O)OC)C1c2ccccc2C=Cc2ccccc21. The van der Waals surface area contributed by atoms with Gasteiger partial charge in [0.15, 0.2) is 0 Å². The van der Waals surface area contributed by atoms with E-state index in [-0.39, 0.29) is 12.3 Å². The van der Waals surface area contributed by atoms with Gasteiger partial charge in [0, 0.05) is 5.92 Å². The molecule has 1 atom stereocenters. The largest absolute Gasteiger partial charge is 0.469 e. The van der Waals surface area contributed by atoms with Gasteiger partial charge < -0.3 is 9.47 Å². The van der Waals surface area contributed by atoms with Crippen LogP contribution < -0.4 is 0 Å². The zero-order valence-corrected chi connectivity index (χ0v) is 14.3. The second kappa shape index (κ2) is 7.34. The molecule has 0 heterocycles. The monoisotopic (exact) mass is 336 g/mol. The van der Waals surface area contributed by atoms with Crippen LogP contribution in [0.3, 0.4) is 0 Å². The first kappa shape index (κ1) is 17.0. The van der Waals surface area contributed by atoms with Gasteiger partial charge in [-0.15, -0.1) is 0 Å². The van der Waals surface area contributed by atoms with Crippen LogP contribution in [0.5, 0.6) is 0 Å².